The molecule has 0 spiro atoms. The minimum atomic E-state index is 0.736. The smallest absolute Gasteiger partial charge is 0.0607 e. The molecule has 0 unspecified atom stereocenters. The minimum absolute atomic E-state index is 0.736. The van der Waals surface area contributed by atoms with Crippen LogP contribution >= 0.6 is 0 Å². The molecule has 1 heterocycles. The van der Waals surface area contributed by atoms with Crippen molar-refractivity contribution in [3.05, 3.63) is 24.3 Å². The molecule has 0 amide bonds. The first-order valence-electron chi connectivity index (χ1n) is 8.59. The second-order valence-corrected chi connectivity index (χ2v) is 6.56. The molecule has 0 bridgehead atoms. The van der Waals surface area contributed by atoms with E-state index < -0.39 is 0 Å². The van der Waals surface area contributed by atoms with Crippen molar-refractivity contribution in [2.45, 2.75) is 51.1 Å². The van der Waals surface area contributed by atoms with Gasteiger partial charge in [-0.15, -0.1) is 0 Å². The third-order valence-electron chi connectivity index (χ3n) is 5.10. The molecular formula is C18H29N3. The highest BCUT2D eigenvalue weighted by Gasteiger charge is 2.29. The molecule has 21 heavy (non-hydrogen) atoms. The van der Waals surface area contributed by atoms with Crippen LogP contribution in [0.2, 0.25) is 0 Å². The lowest BCUT2D eigenvalue weighted by atomic mass is 9.89. The van der Waals surface area contributed by atoms with Crippen molar-refractivity contribution in [3.63, 3.8) is 0 Å². The summed E-state index contributed by atoms with van der Waals surface area (Å²) >= 11 is 0. The van der Waals surface area contributed by atoms with Gasteiger partial charge in [-0.1, -0.05) is 19.1 Å². The van der Waals surface area contributed by atoms with Crippen LogP contribution in [0.15, 0.2) is 24.3 Å². The van der Waals surface area contributed by atoms with Crippen LogP contribution < -0.4 is 15.1 Å². The number of benzene rings is 1. The highest BCUT2D eigenvalue weighted by molar-refractivity contribution is 5.73. The number of nitrogens with one attached hydrogen (secondary N) is 1. The molecule has 1 saturated carbocycles. The zero-order valence-corrected chi connectivity index (χ0v) is 13.5. The van der Waals surface area contributed by atoms with Crippen molar-refractivity contribution >= 4 is 11.4 Å². The Morgan fingerprint density at radius 2 is 1.76 bits per heavy atom. The molecule has 116 valence electrons. The van der Waals surface area contributed by atoms with Crippen LogP contribution in [0.4, 0.5) is 11.4 Å². The lowest BCUT2D eigenvalue weighted by molar-refractivity contribution is 0.331. The monoisotopic (exact) mass is 287 g/mol. The summed E-state index contributed by atoms with van der Waals surface area (Å²) in [6.07, 6.45) is 6.57. The third kappa shape index (κ3) is 3.18. The zero-order valence-electron chi connectivity index (χ0n) is 13.5. The fourth-order valence-corrected chi connectivity index (χ4v) is 3.85. The summed E-state index contributed by atoms with van der Waals surface area (Å²) in [6.45, 7) is 5.74. The maximum Gasteiger partial charge on any atom is 0.0607 e. The highest BCUT2D eigenvalue weighted by atomic mass is 15.3. The summed E-state index contributed by atoms with van der Waals surface area (Å²) in [4.78, 5) is 5.06. The van der Waals surface area contributed by atoms with E-state index in [2.05, 4.69) is 53.4 Å². The van der Waals surface area contributed by atoms with E-state index >= 15 is 0 Å². The molecule has 1 aliphatic carbocycles. The number of likely N-dealkylation sites (N-methyl/N-ethyl adjacent to an activating group) is 1. The molecule has 1 aromatic carbocycles. The Labute approximate surface area is 129 Å². The summed E-state index contributed by atoms with van der Waals surface area (Å²) in [5.41, 5.74) is 2.84. The van der Waals surface area contributed by atoms with Gasteiger partial charge >= 0.3 is 0 Å². The standard InChI is InChI=1S/C18H29N3/c1-3-12-19-15-8-10-16(11-9-15)21-14-13-20(2)17-6-4-5-7-18(17)21/h4-7,15-16,19H,3,8-14H2,1-2H3. The number of nitrogens with zero attached hydrogens (tertiary/aromatic N) is 2. The van der Waals surface area contributed by atoms with Crippen LogP contribution in [0.5, 0.6) is 0 Å². The second kappa shape index (κ2) is 6.69. The Bertz CT molecular complexity index is 452. The van der Waals surface area contributed by atoms with Crippen LogP contribution in [-0.4, -0.2) is 38.8 Å². The Morgan fingerprint density at radius 1 is 1.05 bits per heavy atom. The first-order chi connectivity index (χ1) is 10.3. The maximum absolute atomic E-state index is 3.69. The lowest BCUT2D eigenvalue weighted by Gasteiger charge is -2.44. The summed E-state index contributed by atoms with van der Waals surface area (Å²) in [6, 6.07) is 10.4. The second-order valence-electron chi connectivity index (χ2n) is 6.56. The summed E-state index contributed by atoms with van der Waals surface area (Å²) in [5.74, 6) is 0. The third-order valence-corrected chi connectivity index (χ3v) is 5.10. The van der Waals surface area contributed by atoms with Gasteiger partial charge in [0.2, 0.25) is 0 Å². The van der Waals surface area contributed by atoms with E-state index in [4.69, 9.17) is 0 Å². The molecular weight excluding hydrogens is 258 g/mol. The van der Waals surface area contributed by atoms with Gasteiger partial charge in [0, 0.05) is 32.2 Å². The van der Waals surface area contributed by atoms with Gasteiger partial charge < -0.3 is 15.1 Å². The Hall–Kier alpha value is -1.22. The Morgan fingerprint density at radius 3 is 2.48 bits per heavy atom. The number of hydrogen-bond donors (Lipinski definition) is 1. The van der Waals surface area contributed by atoms with E-state index in [1.165, 1.54) is 56.6 Å². The Balaban J connectivity index is 1.65. The van der Waals surface area contributed by atoms with Gasteiger partial charge in [-0.2, -0.15) is 0 Å². The van der Waals surface area contributed by atoms with Gasteiger partial charge in [-0.05, 0) is 50.8 Å². The molecule has 0 saturated heterocycles. The minimum Gasteiger partial charge on any atom is -0.371 e. The summed E-state index contributed by atoms with van der Waals surface area (Å²) in [5, 5.41) is 3.69. The predicted molar refractivity (Wildman–Crippen MR) is 91.4 cm³/mol. The molecule has 1 aliphatic heterocycles. The average Bonchev–Trinajstić information content (AvgIpc) is 2.54. The fraction of sp³-hybridized carbons (Fsp3) is 0.667. The molecule has 3 heteroatoms. The topological polar surface area (TPSA) is 18.5 Å². The van der Waals surface area contributed by atoms with Gasteiger partial charge in [0.25, 0.3) is 0 Å². The molecule has 3 nitrogen and oxygen atoms in total. The molecule has 0 aromatic heterocycles. The van der Waals surface area contributed by atoms with E-state index in [-0.39, 0.29) is 0 Å². The number of hydrogen-bond acceptors (Lipinski definition) is 3. The van der Waals surface area contributed by atoms with Crippen LogP contribution in [0.25, 0.3) is 0 Å². The van der Waals surface area contributed by atoms with Gasteiger partial charge in [-0.3, -0.25) is 0 Å². The molecule has 0 radical (unpaired) electrons. The molecule has 1 N–H and O–H groups in total. The SMILES string of the molecule is CCCNC1CCC(N2CCN(C)c3ccccc32)CC1. The zero-order chi connectivity index (χ0) is 14.7. The molecule has 3 rings (SSSR count). The van der Waals surface area contributed by atoms with Gasteiger partial charge in [0.1, 0.15) is 0 Å². The normalized spacial score (nSPS) is 25.8. The van der Waals surface area contributed by atoms with E-state index in [1.54, 1.807) is 0 Å². The fourth-order valence-electron chi connectivity index (χ4n) is 3.85. The van der Waals surface area contributed by atoms with Crippen molar-refractivity contribution in [2.24, 2.45) is 0 Å². The van der Waals surface area contributed by atoms with Crippen LogP contribution in [0.3, 0.4) is 0 Å². The molecule has 0 atom stereocenters. The van der Waals surface area contributed by atoms with Crippen molar-refractivity contribution in [1.29, 1.82) is 0 Å². The first-order valence-corrected chi connectivity index (χ1v) is 8.59. The van der Waals surface area contributed by atoms with E-state index in [0.29, 0.717) is 0 Å². The highest BCUT2D eigenvalue weighted by Crippen LogP contribution is 2.36. The van der Waals surface area contributed by atoms with Gasteiger partial charge in [0.15, 0.2) is 0 Å². The Kier molecular flexibility index (Phi) is 4.69. The van der Waals surface area contributed by atoms with Crippen LogP contribution in [-0.2, 0) is 0 Å². The largest absolute Gasteiger partial charge is 0.371 e. The van der Waals surface area contributed by atoms with Gasteiger partial charge in [0.05, 0.1) is 11.4 Å². The molecule has 1 aromatic rings. The predicted octanol–water partition coefficient (Wildman–Crippen LogP) is 3.25. The molecule has 1 fully saturated rings. The van der Waals surface area contributed by atoms with Crippen molar-refractivity contribution in [1.82, 2.24) is 5.32 Å². The van der Waals surface area contributed by atoms with E-state index in [1.807, 2.05) is 0 Å². The number of anilines is 2. The first kappa shape index (κ1) is 14.7. The van der Waals surface area contributed by atoms with Crippen LogP contribution in [0.1, 0.15) is 39.0 Å². The quantitative estimate of drug-likeness (QED) is 0.917. The van der Waals surface area contributed by atoms with Crippen LogP contribution in [0, 0.1) is 0 Å². The summed E-state index contributed by atoms with van der Waals surface area (Å²) < 4.78 is 0. The molecule has 2 aliphatic rings. The summed E-state index contributed by atoms with van der Waals surface area (Å²) in [7, 11) is 2.21. The average molecular weight is 287 g/mol. The van der Waals surface area contributed by atoms with Gasteiger partial charge in [-0.25, -0.2) is 0 Å². The maximum atomic E-state index is 3.69. The number of fused-ring (bicyclic) bond motifs is 1. The number of para-hydroxylation sites is 2. The lowest BCUT2D eigenvalue weighted by Crippen LogP contribution is -2.48. The van der Waals surface area contributed by atoms with Crippen molar-refractivity contribution in [3.8, 4) is 0 Å². The van der Waals surface area contributed by atoms with E-state index in [0.717, 1.165) is 18.6 Å². The van der Waals surface area contributed by atoms with Crippen molar-refractivity contribution < 1.29 is 0 Å². The number of rotatable bonds is 4. The van der Waals surface area contributed by atoms with E-state index in [9.17, 15) is 0 Å². The van der Waals surface area contributed by atoms with Crippen molar-refractivity contribution in [2.75, 3.05) is 36.5 Å².